The monoisotopic (exact) mass is 282 g/mol. The highest BCUT2D eigenvalue weighted by Gasteiger charge is 2.22. The summed E-state index contributed by atoms with van der Waals surface area (Å²) in [6, 6.07) is 1.20. The van der Waals surface area contributed by atoms with E-state index in [4.69, 9.17) is 0 Å². The highest BCUT2D eigenvalue weighted by atomic mass is 19.1. The topological polar surface area (TPSA) is 57.3 Å². The van der Waals surface area contributed by atoms with Crippen LogP contribution in [0.3, 0.4) is 0 Å². The maximum absolute atomic E-state index is 13.3. The molecule has 0 saturated carbocycles. The Balaban J connectivity index is 2.84. The van der Waals surface area contributed by atoms with E-state index in [2.05, 4.69) is 15.6 Å². The molecule has 1 rings (SSSR count). The van der Waals surface area contributed by atoms with Gasteiger partial charge in [-0.15, -0.1) is 0 Å². The summed E-state index contributed by atoms with van der Waals surface area (Å²) in [7, 11) is 3.89. The summed E-state index contributed by atoms with van der Waals surface area (Å²) < 4.78 is 13.3. The first-order chi connectivity index (χ1) is 9.27. The fourth-order valence-corrected chi connectivity index (χ4v) is 1.47. The SMILES string of the molecule is CCNc1ncc(F)cc1C(=O)NCC(C)(C)N(C)C. The number of pyridine rings is 1. The van der Waals surface area contributed by atoms with Gasteiger partial charge in [0.15, 0.2) is 0 Å². The number of likely N-dealkylation sites (N-methyl/N-ethyl adjacent to an activating group) is 1. The molecule has 1 aromatic heterocycles. The van der Waals surface area contributed by atoms with Crippen LogP contribution in [0.5, 0.6) is 0 Å². The Morgan fingerprint density at radius 1 is 1.45 bits per heavy atom. The number of carbonyl (C=O) groups excluding carboxylic acids is 1. The Bertz CT molecular complexity index is 474. The van der Waals surface area contributed by atoms with Gasteiger partial charge in [0.2, 0.25) is 0 Å². The largest absolute Gasteiger partial charge is 0.370 e. The number of hydrogen-bond acceptors (Lipinski definition) is 4. The third-order valence-electron chi connectivity index (χ3n) is 3.34. The van der Waals surface area contributed by atoms with Gasteiger partial charge in [-0.25, -0.2) is 9.37 Å². The van der Waals surface area contributed by atoms with Crippen LogP contribution in [0.25, 0.3) is 0 Å². The molecule has 20 heavy (non-hydrogen) atoms. The van der Waals surface area contributed by atoms with E-state index in [1.165, 1.54) is 6.07 Å². The van der Waals surface area contributed by atoms with Gasteiger partial charge in [-0.2, -0.15) is 0 Å². The van der Waals surface area contributed by atoms with E-state index in [1.807, 2.05) is 39.8 Å². The van der Waals surface area contributed by atoms with E-state index >= 15 is 0 Å². The maximum Gasteiger partial charge on any atom is 0.255 e. The van der Waals surface area contributed by atoms with Crippen LogP contribution in [0.2, 0.25) is 0 Å². The Labute approximate surface area is 119 Å². The average Bonchev–Trinajstić information content (AvgIpc) is 2.38. The smallest absolute Gasteiger partial charge is 0.255 e. The summed E-state index contributed by atoms with van der Waals surface area (Å²) >= 11 is 0. The average molecular weight is 282 g/mol. The van der Waals surface area contributed by atoms with Crippen molar-refractivity contribution < 1.29 is 9.18 Å². The summed E-state index contributed by atoms with van der Waals surface area (Å²) in [6.45, 7) is 7.00. The quantitative estimate of drug-likeness (QED) is 0.834. The van der Waals surface area contributed by atoms with Crippen molar-refractivity contribution in [3.63, 3.8) is 0 Å². The number of aromatic nitrogens is 1. The molecule has 0 unspecified atom stereocenters. The van der Waals surface area contributed by atoms with Crippen LogP contribution in [-0.4, -0.2) is 48.5 Å². The summed E-state index contributed by atoms with van der Waals surface area (Å²) in [4.78, 5) is 18.1. The molecule has 0 aliphatic rings. The lowest BCUT2D eigenvalue weighted by atomic mass is 10.0. The van der Waals surface area contributed by atoms with E-state index in [-0.39, 0.29) is 17.0 Å². The molecule has 112 valence electrons. The van der Waals surface area contributed by atoms with Crippen LogP contribution in [-0.2, 0) is 0 Å². The van der Waals surface area contributed by atoms with Gasteiger partial charge in [0.25, 0.3) is 5.91 Å². The van der Waals surface area contributed by atoms with Crippen LogP contribution < -0.4 is 10.6 Å². The molecule has 0 saturated heterocycles. The van der Waals surface area contributed by atoms with Crippen molar-refractivity contribution in [2.45, 2.75) is 26.3 Å². The first-order valence-electron chi connectivity index (χ1n) is 6.63. The molecule has 0 radical (unpaired) electrons. The first kappa shape index (κ1) is 16.4. The molecule has 2 N–H and O–H groups in total. The van der Waals surface area contributed by atoms with Crippen molar-refractivity contribution in [2.24, 2.45) is 0 Å². The lowest BCUT2D eigenvalue weighted by molar-refractivity contribution is 0.0919. The van der Waals surface area contributed by atoms with Gasteiger partial charge >= 0.3 is 0 Å². The maximum atomic E-state index is 13.3. The lowest BCUT2D eigenvalue weighted by Crippen LogP contribution is -2.48. The number of amides is 1. The van der Waals surface area contributed by atoms with Gasteiger partial charge in [0.05, 0.1) is 11.8 Å². The Morgan fingerprint density at radius 2 is 2.10 bits per heavy atom. The molecule has 1 amide bonds. The molecule has 0 atom stereocenters. The van der Waals surface area contributed by atoms with Crippen molar-refractivity contribution in [1.82, 2.24) is 15.2 Å². The van der Waals surface area contributed by atoms with E-state index in [0.717, 1.165) is 6.20 Å². The molecule has 1 aromatic rings. The predicted molar refractivity (Wildman–Crippen MR) is 78.5 cm³/mol. The van der Waals surface area contributed by atoms with Gasteiger partial charge < -0.3 is 15.5 Å². The predicted octanol–water partition coefficient (Wildman–Crippen LogP) is 1.72. The van der Waals surface area contributed by atoms with Crippen LogP contribution in [0.4, 0.5) is 10.2 Å². The molecule has 0 aliphatic heterocycles. The number of nitrogens with one attached hydrogen (secondary N) is 2. The highest BCUT2D eigenvalue weighted by molar-refractivity contribution is 5.98. The second-order valence-electron chi connectivity index (χ2n) is 5.47. The molecule has 1 heterocycles. The van der Waals surface area contributed by atoms with Gasteiger partial charge in [-0.3, -0.25) is 4.79 Å². The standard InChI is InChI=1S/C14H23FN4O/c1-6-16-12-11(7-10(15)8-17-12)13(20)18-9-14(2,3)19(4)5/h7-8H,6,9H2,1-5H3,(H,16,17)(H,18,20). The van der Waals surface area contributed by atoms with Crippen molar-refractivity contribution in [1.29, 1.82) is 0 Å². The molecular weight excluding hydrogens is 259 g/mol. The van der Waals surface area contributed by atoms with Crippen LogP contribution >= 0.6 is 0 Å². The van der Waals surface area contributed by atoms with Gasteiger partial charge in [-0.1, -0.05) is 0 Å². The van der Waals surface area contributed by atoms with Crippen LogP contribution in [0, 0.1) is 5.82 Å². The summed E-state index contributed by atoms with van der Waals surface area (Å²) in [5, 5.41) is 5.77. The summed E-state index contributed by atoms with van der Waals surface area (Å²) in [5.41, 5.74) is 0.0378. The third-order valence-corrected chi connectivity index (χ3v) is 3.34. The van der Waals surface area contributed by atoms with Crippen LogP contribution in [0.1, 0.15) is 31.1 Å². The minimum atomic E-state index is -0.524. The van der Waals surface area contributed by atoms with E-state index in [1.54, 1.807) is 0 Å². The molecule has 5 nitrogen and oxygen atoms in total. The number of rotatable bonds is 6. The molecule has 0 aliphatic carbocycles. The second kappa shape index (κ2) is 6.65. The zero-order valence-corrected chi connectivity index (χ0v) is 12.7. The van der Waals surface area contributed by atoms with Crippen molar-refractivity contribution >= 4 is 11.7 Å². The number of carbonyl (C=O) groups is 1. The minimum Gasteiger partial charge on any atom is -0.370 e. The van der Waals surface area contributed by atoms with Gasteiger partial charge in [-0.05, 0) is 40.9 Å². The Hall–Kier alpha value is -1.69. The van der Waals surface area contributed by atoms with Gasteiger partial charge in [0, 0.05) is 18.6 Å². The molecule has 0 bridgehead atoms. The van der Waals surface area contributed by atoms with Crippen molar-refractivity contribution in [3.05, 3.63) is 23.6 Å². The van der Waals surface area contributed by atoms with Crippen molar-refractivity contribution in [3.8, 4) is 0 Å². The second-order valence-corrected chi connectivity index (χ2v) is 5.47. The Morgan fingerprint density at radius 3 is 2.65 bits per heavy atom. The summed E-state index contributed by atoms with van der Waals surface area (Å²) in [6.07, 6.45) is 1.10. The number of halogens is 1. The van der Waals surface area contributed by atoms with Crippen LogP contribution in [0.15, 0.2) is 12.3 Å². The zero-order chi connectivity index (χ0) is 15.3. The minimum absolute atomic E-state index is 0.186. The number of hydrogen-bond donors (Lipinski definition) is 2. The zero-order valence-electron chi connectivity index (χ0n) is 12.7. The summed E-state index contributed by atoms with van der Waals surface area (Å²) in [5.74, 6) is -0.458. The lowest BCUT2D eigenvalue weighted by Gasteiger charge is -2.32. The molecule has 6 heteroatoms. The van der Waals surface area contributed by atoms with E-state index in [9.17, 15) is 9.18 Å². The Kier molecular flexibility index (Phi) is 5.44. The number of nitrogens with zero attached hydrogens (tertiary/aromatic N) is 2. The molecule has 0 aromatic carbocycles. The molecule has 0 fully saturated rings. The number of anilines is 1. The van der Waals surface area contributed by atoms with E-state index < -0.39 is 5.82 Å². The fraction of sp³-hybridized carbons (Fsp3) is 0.571. The van der Waals surface area contributed by atoms with Gasteiger partial charge in [0.1, 0.15) is 11.6 Å². The van der Waals surface area contributed by atoms with E-state index in [0.29, 0.717) is 18.9 Å². The third kappa shape index (κ3) is 4.16. The highest BCUT2D eigenvalue weighted by Crippen LogP contribution is 2.14. The normalized spacial score (nSPS) is 11.6. The fourth-order valence-electron chi connectivity index (χ4n) is 1.47. The first-order valence-corrected chi connectivity index (χ1v) is 6.63. The molecular formula is C14H23FN4O. The van der Waals surface area contributed by atoms with Crippen molar-refractivity contribution in [2.75, 3.05) is 32.5 Å². The molecule has 0 spiro atoms.